The fourth-order valence-corrected chi connectivity index (χ4v) is 2.40. The monoisotopic (exact) mass is 247 g/mol. The van der Waals surface area contributed by atoms with Crippen LogP contribution in [0.1, 0.15) is 25.3 Å². The molecule has 18 heavy (non-hydrogen) atoms. The minimum atomic E-state index is 0.183. The van der Waals surface area contributed by atoms with Crippen LogP contribution in [0.3, 0.4) is 0 Å². The summed E-state index contributed by atoms with van der Waals surface area (Å²) in [5, 5.41) is 0. The first-order chi connectivity index (χ1) is 8.75. The molecule has 1 heterocycles. The van der Waals surface area contributed by atoms with Gasteiger partial charge in [-0.15, -0.1) is 0 Å². The molecule has 1 aliphatic heterocycles. The van der Waals surface area contributed by atoms with Crippen LogP contribution >= 0.6 is 0 Å². The van der Waals surface area contributed by atoms with E-state index in [1.54, 1.807) is 6.92 Å². The minimum absolute atomic E-state index is 0.183. The van der Waals surface area contributed by atoms with E-state index in [0.717, 1.165) is 26.1 Å². The summed E-state index contributed by atoms with van der Waals surface area (Å²) in [6.07, 6.45) is 2.26. The molecule has 1 fully saturated rings. The smallest absolute Gasteiger partial charge is 0.219 e. The summed E-state index contributed by atoms with van der Waals surface area (Å²) in [6.45, 7) is 4.82. The Labute approximate surface area is 109 Å². The topological polar surface area (TPSA) is 29.5 Å². The first-order valence-corrected chi connectivity index (χ1v) is 6.63. The maximum absolute atomic E-state index is 11.3. The largest absolute Gasteiger partial charge is 0.376 e. The van der Waals surface area contributed by atoms with Gasteiger partial charge < -0.3 is 9.64 Å². The van der Waals surface area contributed by atoms with E-state index in [0.29, 0.717) is 12.5 Å². The van der Waals surface area contributed by atoms with Gasteiger partial charge in [-0.25, -0.2) is 0 Å². The van der Waals surface area contributed by atoms with Crippen molar-refractivity contribution in [2.75, 3.05) is 19.7 Å². The Morgan fingerprint density at radius 1 is 1.39 bits per heavy atom. The molecule has 1 saturated heterocycles. The predicted octanol–water partition coefficient (Wildman–Crippen LogP) is 2.46. The van der Waals surface area contributed by atoms with Crippen LogP contribution in [0.2, 0.25) is 0 Å². The van der Waals surface area contributed by atoms with Crippen molar-refractivity contribution in [1.29, 1.82) is 0 Å². The van der Waals surface area contributed by atoms with Crippen LogP contribution in [0.25, 0.3) is 0 Å². The SMILES string of the molecule is CC(=O)N1CCCC(COCc2ccccc2)C1. The lowest BCUT2D eigenvalue weighted by molar-refractivity contribution is -0.131. The van der Waals surface area contributed by atoms with E-state index < -0.39 is 0 Å². The summed E-state index contributed by atoms with van der Waals surface area (Å²) in [7, 11) is 0. The lowest BCUT2D eigenvalue weighted by atomic mass is 9.99. The van der Waals surface area contributed by atoms with Crippen LogP contribution in [0.15, 0.2) is 30.3 Å². The quantitative estimate of drug-likeness (QED) is 0.818. The molecule has 0 bridgehead atoms. The Kier molecular flexibility index (Phi) is 4.76. The van der Waals surface area contributed by atoms with Crippen molar-refractivity contribution in [3.05, 3.63) is 35.9 Å². The summed E-state index contributed by atoms with van der Waals surface area (Å²) in [4.78, 5) is 13.3. The molecule has 0 aromatic heterocycles. The lowest BCUT2D eigenvalue weighted by Crippen LogP contribution is -2.39. The van der Waals surface area contributed by atoms with Gasteiger partial charge >= 0.3 is 0 Å². The van der Waals surface area contributed by atoms with Crippen LogP contribution in [-0.2, 0) is 16.1 Å². The lowest BCUT2D eigenvalue weighted by Gasteiger charge is -2.31. The molecule has 0 aliphatic carbocycles. The minimum Gasteiger partial charge on any atom is -0.376 e. The van der Waals surface area contributed by atoms with Crippen LogP contribution in [-0.4, -0.2) is 30.5 Å². The van der Waals surface area contributed by atoms with E-state index in [2.05, 4.69) is 12.1 Å². The first-order valence-electron chi connectivity index (χ1n) is 6.63. The Bertz CT molecular complexity index is 377. The molecule has 1 aromatic carbocycles. The van der Waals surface area contributed by atoms with Gasteiger partial charge in [0.05, 0.1) is 13.2 Å². The average Bonchev–Trinajstić information content (AvgIpc) is 2.40. The Hall–Kier alpha value is -1.35. The summed E-state index contributed by atoms with van der Waals surface area (Å²) in [5.41, 5.74) is 1.21. The summed E-state index contributed by atoms with van der Waals surface area (Å²) in [5.74, 6) is 0.675. The van der Waals surface area contributed by atoms with Gasteiger partial charge in [0.25, 0.3) is 0 Å². The van der Waals surface area contributed by atoms with Gasteiger partial charge in [-0.05, 0) is 24.3 Å². The molecule has 0 saturated carbocycles. The second-order valence-electron chi connectivity index (χ2n) is 4.97. The third-order valence-electron chi connectivity index (χ3n) is 3.43. The van der Waals surface area contributed by atoms with Gasteiger partial charge in [-0.3, -0.25) is 4.79 Å². The number of likely N-dealkylation sites (tertiary alicyclic amines) is 1. The average molecular weight is 247 g/mol. The first kappa shape index (κ1) is 13.1. The molecule has 0 N–H and O–H groups in total. The van der Waals surface area contributed by atoms with E-state index >= 15 is 0 Å². The van der Waals surface area contributed by atoms with E-state index in [1.165, 1.54) is 12.0 Å². The Morgan fingerprint density at radius 3 is 2.89 bits per heavy atom. The number of hydrogen-bond donors (Lipinski definition) is 0. The summed E-state index contributed by atoms with van der Waals surface area (Å²) >= 11 is 0. The molecule has 0 radical (unpaired) electrons. The highest BCUT2D eigenvalue weighted by molar-refractivity contribution is 5.73. The van der Waals surface area contributed by atoms with Crippen LogP contribution < -0.4 is 0 Å². The summed E-state index contributed by atoms with van der Waals surface area (Å²) in [6, 6.07) is 10.2. The highest BCUT2D eigenvalue weighted by Gasteiger charge is 2.21. The van der Waals surface area contributed by atoms with Crippen molar-refractivity contribution in [3.63, 3.8) is 0 Å². The highest BCUT2D eigenvalue weighted by Crippen LogP contribution is 2.17. The van der Waals surface area contributed by atoms with E-state index in [1.807, 2.05) is 23.1 Å². The number of piperidine rings is 1. The summed E-state index contributed by atoms with van der Waals surface area (Å²) < 4.78 is 5.75. The molecule has 3 nitrogen and oxygen atoms in total. The third kappa shape index (κ3) is 3.84. The van der Waals surface area contributed by atoms with Gasteiger partial charge in [-0.2, -0.15) is 0 Å². The highest BCUT2D eigenvalue weighted by atomic mass is 16.5. The van der Waals surface area contributed by atoms with Crippen molar-refractivity contribution in [1.82, 2.24) is 4.90 Å². The molecule has 0 spiro atoms. The predicted molar refractivity (Wildman–Crippen MR) is 71.1 cm³/mol. The van der Waals surface area contributed by atoms with Crippen molar-refractivity contribution >= 4 is 5.91 Å². The van der Waals surface area contributed by atoms with Crippen molar-refractivity contribution in [2.45, 2.75) is 26.4 Å². The fourth-order valence-electron chi connectivity index (χ4n) is 2.40. The van der Waals surface area contributed by atoms with E-state index in [9.17, 15) is 4.79 Å². The number of nitrogens with zero attached hydrogens (tertiary/aromatic N) is 1. The second-order valence-corrected chi connectivity index (χ2v) is 4.97. The normalized spacial score (nSPS) is 19.8. The number of rotatable bonds is 4. The Balaban J connectivity index is 1.72. The molecule has 3 heteroatoms. The zero-order valence-electron chi connectivity index (χ0n) is 11.0. The number of amides is 1. The molecule has 1 aromatic rings. The molecular weight excluding hydrogens is 226 g/mol. The molecule has 1 atom stereocenters. The zero-order chi connectivity index (χ0) is 12.8. The maximum atomic E-state index is 11.3. The zero-order valence-corrected chi connectivity index (χ0v) is 11.0. The van der Waals surface area contributed by atoms with Crippen molar-refractivity contribution in [2.24, 2.45) is 5.92 Å². The molecule has 2 rings (SSSR count). The molecule has 1 amide bonds. The third-order valence-corrected chi connectivity index (χ3v) is 3.43. The Morgan fingerprint density at radius 2 is 2.17 bits per heavy atom. The second kappa shape index (κ2) is 6.55. The van der Waals surface area contributed by atoms with Gasteiger partial charge in [0, 0.05) is 20.0 Å². The van der Waals surface area contributed by atoms with Crippen molar-refractivity contribution < 1.29 is 9.53 Å². The van der Waals surface area contributed by atoms with Gasteiger partial charge in [0.2, 0.25) is 5.91 Å². The van der Waals surface area contributed by atoms with Crippen LogP contribution in [0.5, 0.6) is 0 Å². The van der Waals surface area contributed by atoms with E-state index in [4.69, 9.17) is 4.74 Å². The fraction of sp³-hybridized carbons (Fsp3) is 0.533. The van der Waals surface area contributed by atoms with Crippen LogP contribution in [0.4, 0.5) is 0 Å². The number of carbonyl (C=O) groups excluding carboxylic acids is 1. The number of ether oxygens (including phenoxy) is 1. The molecule has 98 valence electrons. The van der Waals surface area contributed by atoms with E-state index in [-0.39, 0.29) is 5.91 Å². The number of hydrogen-bond acceptors (Lipinski definition) is 2. The standard InChI is InChI=1S/C15H21NO2/c1-13(17)16-9-5-8-15(10-16)12-18-11-14-6-3-2-4-7-14/h2-4,6-7,15H,5,8-12H2,1H3. The maximum Gasteiger partial charge on any atom is 0.219 e. The van der Waals surface area contributed by atoms with Gasteiger partial charge in [-0.1, -0.05) is 30.3 Å². The van der Waals surface area contributed by atoms with Crippen molar-refractivity contribution in [3.8, 4) is 0 Å². The molecule has 1 unspecified atom stereocenters. The number of carbonyl (C=O) groups is 1. The van der Waals surface area contributed by atoms with Gasteiger partial charge in [0.15, 0.2) is 0 Å². The van der Waals surface area contributed by atoms with Gasteiger partial charge in [0.1, 0.15) is 0 Å². The molecule has 1 aliphatic rings. The van der Waals surface area contributed by atoms with Crippen LogP contribution in [0, 0.1) is 5.92 Å². The molecular formula is C15H21NO2. The number of benzene rings is 1.